The van der Waals surface area contributed by atoms with E-state index in [0.29, 0.717) is 4.65 Å². The molecule has 0 unspecified atom stereocenters. The molecule has 0 fully saturated rings. The second-order valence-electron chi connectivity index (χ2n) is 2.31. The molecule has 0 radical (unpaired) electrons. The zero-order valence-corrected chi connectivity index (χ0v) is 6.01. The van der Waals surface area contributed by atoms with Crippen LogP contribution in [-0.2, 0) is 4.84 Å². The molecule has 0 aromatic carbocycles. The zero-order chi connectivity index (χ0) is 5.91. The molecule has 0 aromatic heterocycles. The monoisotopic (exact) mass is 121 g/mol. The molecule has 0 saturated carbocycles. The van der Waals surface area contributed by atoms with Gasteiger partial charge in [-0.1, -0.05) is 0 Å². The third-order valence-electron chi connectivity index (χ3n) is 0.516. The van der Waals surface area contributed by atoms with Crippen molar-refractivity contribution in [1.29, 1.82) is 0 Å². The van der Waals surface area contributed by atoms with Crippen LogP contribution in [0, 0.1) is 0 Å². The average molecular weight is 121 g/mol. The Bertz CT molecular complexity index is 48.9. The lowest BCUT2D eigenvalue weighted by atomic mass is 10.9. The van der Waals surface area contributed by atoms with Crippen LogP contribution in [0.2, 0.25) is 0 Å². The van der Waals surface area contributed by atoms with Gasteiger partial charge in [-0.15, -0.1) is 0 Å². The molecule has 0 atom stereocenters. The molecule has 0 aliphatic heterocycles. The second-order valence-corrected chi connectivity index (χ2v) is 2.31. The largest absolute Gasteiger partial charge is 0.870 e. The van der Waals surface area contributed by atoms with Gasteiger partial charge in [0.25, 0.3) is 0 Å². The first-order valence-corrected chi connectivity index (χ1v) is 2.52. The van der Waals surface area contributed by atoms with Crippen molar-refractivity contribution in [3.8, 4) is 0 Å². The molecule has 1 N–H and O–H groups in total. The van der Waals surface area contributed by atoms with E-state index in [2.05, 4.69) is 0 Å². The van der Waals surface area contributed by atoms with Crippen LogP contribution in [0.3, 0.4) is 0 Å². The fourth-order valence-electron chi connectivity index (χ4n) is 0.387. The number of quaternary nitrogens is 1. The highest BCUT2D eigenvalue weighted by molar-refractivity contribution is 3.95. The second kappa shape index (κ2) is 3.83. The van der Waals surface area contributed by atoms with Gasteiger partial charge in [-0.05, 0) is 6.92 Å². The molecule has 8 heavy (non-hydrogen) atoms. The summed E-state index contributed by atoms with van der Waals surface area (Å²) in [4.78, 5) is 5.17. The van der Waals surface area contributed by atoms with Crippen LogP contribution in [0.5, 0.6) is 0 Å². The van der Waals surface area contributed by atoms with Crippen LogP contribution in [0.1, 0.15) is 6.92 Å². The summed E-state index contributed by atoms with van der Waals surface area (Å²) in [6.45, 7) is 2.77. The van der Waals surface area contributed by atoms with Gasteiger partial charge < -0.3 is 5.48 Å². The molecule has 3 heteroatoms. The van der Waals surface area contributed by atoms with Gasteiger partial charge in [0, 0.05) is 0 Å². The van der Waals surface area contributed by atoms with Gasteiger partial charge in [0.2, 0.25) is 0 Å². The minimum atomic E-state index is 0. The Morgan fingerprint density at radius 2 is 1.62 bits per heavy atom. The van der Waals surface area contributed by atoms with E-state index >= 15 is 0 Å². The first kappa shape index (κ1) is 10.8. The van der Waals surface area contributed by atoms with Gasteiger partial charge >= 0.3 is 0 Å². The highest BCUT2D eigenvalue weighted by atomic mass is 16.7. The fraction of sp³-hybridized carbons (Fsp3) is 1.00. The van der Waals surface area contributed by atoms with Crippen molar-refractivity contribution in [3.05, 3.63) is 0 Å². The van der Waals surface area contributed by atoms with Crippen molar-refractivity contribution in [1.82, 2.24) is 0 Å². The number of rotatable bonds is 2. The Hall–Kier alpha value is -0.120. The van der Waals surface area contributed by atoms with E-state index in [4.69, 9.17) is 4.84 Å². The summed E-state index contributed by atoms with van der Waals surface area (Å²) >= 11 is 0. The smallest absolute Gasteiger partial charge is 0.103 e. The van der Waals surface area contributed by atoms with E-state index < -0.39 is 0 Å². The van der Waals surface area contributed by atoms with Crippen LogP contribution in [0.4, 0.5) is 0 Å². The van der Waals surface area contributed by atoms with Crippen molar-refractivity contribution in [2.75, 3.05) is 27.7 Å². The molecule has 52 valence electrons. The lowest BCUT2D eigenvalue weighted by molar-refractivity contribution is -1.06. The lowest BCUT2D eigenvalue weighted by Crippen LogP contribution is -2.34. The minimum absolute atomic E-state index is 0. The Labute approximate surface area is 50.7 Å². The molecule has 0 aliphatic carbocycles. The zero-order valence-electron chi connectivity index (χ0n) is 6.01. The summed E-state index contributed by atoms with van der Waals surface area (Å²) in [6.07, 6.45) is 0. The predicted octanol–water partition coefficient (Wildman–Crippen LogP) is 0.467. The summed E-state index contributed by atoms with van der Waals surface area (Å²) in [5.74, 6) is 0. The van der Waals surface area contributed by atoms with Gasteiger partial charge in [0.1, 0.15) is 6.61 Å². The Kier molecular flexibility index (Phi) is 5.17. The molecule has 0 heterocycles. The van der Waals surface area contributed by atoms with Crippen molar-refractivity contribution < 1.29 is 15.0 Å². The SMILES string of the molecule is CCO[N+](C)(C)C.[OH-]. The maximum absolute atomic E-state index is 5.17. The number of hydroxylamine groups is 3. The van der Waals surface area contributed by atoms with Crippen LogP contribution in [-0.4, -0.2) is 37.9 Å². The molecule has 0 saturated heterocycles. The summed E-state index contributed by atoms with van der Waals surface area (Å²) in [5, 5.41) is 0. The van der Waals surface area contributed by atoms with E-state index in [9.17, 15) is 0 Å². The Morgan fingerprint density at radius 1 is 1.25 bits per heavy atom. The highest BCUT2D eigenvalue weighted by Gasteiger charge is 2.03. The molecule has 0 aliphatic rings. The van der Waals surface area contributed by atoms with E-state index in [-0.39, 0.29) is 5.48 Å². The lowest BCUT2D eigenvalue weighted by Gasteiger charge is -2.19. The third-order valence-corrected chi connectivity index (χ3v) is 0.516. The maximum atomic E-state index is 5.17. The minimum Gasteiger partial charge on any atom is -0.870 e. The van der Waals surface area contributed by atoms with Gasteiger partial charge in [-0.3, -0.25) is 0 Å². The van der Waals surface area contributed by atoms with Gasteiger partial charge in [-0.2, -0.15) is 4.65 Å². The van der Waals surface area contributed by atoms with Gasteiger partial charge in [0.05, 0.1) is 21.1 Å². The van der Waals surface area contributed by atoms with Crippen LogP contribution >= 0.6 is 0 Å². The van der Waals surface area contributed by atoms with Gasteiger partial charge in [0.15, 0.2) is 0 Å². The molecular formula is C5H15NO2. The van der Waals surface area contributed by atoms with Crippen LogP contribution < -0.4 is 0 Å². The van der Waals surface area contributed by atoms with Crippen LogP contribution in [0.15, 0.2) is 0 Å². The first-order valence-electron chi connectivity index (χ1n) is 2.52. The van der Waals surface area contributed by atoms with Gasteiger partial charge in [-0.25, -0.2) is 4.84 Å². The summed E-state index contributed by atoms with van der Waals surface area (Å²) in [7, 11) is 5.97. The van der Waals surface area contributed by atoms with Crippen molar-refractivity contribution >= 4 is 0 Å². The topological polar surface area (TPSA) is 39.2 Å². The van der Waals surface area contributed by atoms with Crippen molar-refractivity contribution in [2.24, 2.45) is 0 Å². The average Bonchev–Trinajstić information content (AvgIpc) is 1.30. The number of nitrogens with zero attached hydrogens (tertiary/aromatic N) is 1. The first-order chi connectivity index (χ1) is 3.06. The molecule has 3 nitrogen and oxygen atoms in total. The fourth-order valence-corrected chi connectivity index (χ4v) is 0.387. The van der Waals surface area contributed by atoms with E-state index in [0.717, 1.165) is 6.61 Å². The van der Waals surface area contributed by atoms with Crippen molar-refractivity contribution in [3.63, 3.8) is 0 Å². The summed E-state index contributed by atoms with van der Waals surface area (Å²) in [5.41, 5.74) is 0. The van der Waals surface area contributed by atoms with E-state index in [1.54, 1.807) is 0 Å². The quantitative estimate of drug-likeness (QED) is 0.393. The van der Waals surface area contributed by atoms with Crippen LogP contribution in [0.25, 0.3) is 0 Å². The van der Waals surface area contributed by atoms with E-state index in [1.807, 2.05) is 28.1 Å². The highest BCUT2D eigenvalue weighted by Crippen LogP contribution is 1.88. The number of hydrogen-bond acceptors (Lipinski definition) is 2. The third kappa shape index (κ3) is 9.30. The number of hydrogen-bond donors (Lipinski definition) is 0. The summed E-state index contributed by atoms with van der Waals surface area (Å²) in [6, 6.07) is 0. The van der Waals surface area contributed by atoms with E-state index in [1.165, 1.54) is 0 Å². The molecule has 0 amide bonds. The molecule has 0 aromatic rings. The predicted molar refractivity (Wildman–Crippen MR) is 31.6 cm³/mol. The molecule has 0 spiro atoms. The maximum Gasteiger partial charge on any atom is 0.103 e. The Morgan fingerprint density at radius 3 is 1.62 bits per heavy atom. The molecule has 0 rings (SSSR count). The normalized spacial score (nSPS) is 10.5. The Balaban J connectivity index is 0. The standard InChI is InChI=1S/C5H14NO.H2O/c1-5-7-6(2,3)4;/h5H2,1-4H3;1H2/q+1;/p-1. The molecule has 0 bridgehead atoms. The van der Waals surface area contributed by atoms with Crippen molar-refractivity contribution in [2.45, 2.75) is 6.92 Å². The summed E-state index contributed by atoms with van der Waals surface area (Å²) < 4.78 is 0.594. The molecular weight excluding hydrogens is 106 g/mol.